The van der Waals surface area contributed by atoms with Crippen molar-refractivity contribution in [1.82, 2.24) is 9.62 Å². The molecular formula is C12H16N2O2S. The van der Waals surface area contributed by atoms with Crippen molar-refractivity contribution >= 4 is 10.0 Å². The van der Waals surface area contributed by atoms with Crippen molar-refractivity contribution in [2.45, 2.75) is 18.5 Å². The lowest BCUT2D eigenvalue weighted by Gasteiger charge is -2.28. The van der Waals surface area contributed by atoms with Gasteiger partial charge in [0.2, 0.25) is 10.0 Å². The fourth-order valence-electron chi connectivity index (χ4n) is 2.86. The molecule has 3 rings (SSSR count). The third kappa shape index (κ3) is 1.88. The molecule has 0 amide bonds. The van der Waals surface area contributed by atoms with Crippen molar-refractivity contribution in [2.75, 3.05) is 19.3 Å². The molecule has 92 valence electrons. The predicted molar refractivity (Wildman–Crippen MR) is 66.2 cm³/mol. The molecule has 1 N–H and O–H groups in total. The Labute approximate surface area is 102 Å². The van der Waals surface area contributed by atoms with E-state index in [1.165, 1.54) is 17.4 Å². The van der Waals surface area contributed by atoms with Crippen LogP contribution in [0.3, 0.4) is 0 Å². The van der Waals surface area contributed by atoms with Gasteiger partial charge in [-0.25, -0.2) is 8.42 Å². The second kappa shape index (κ2) is 3.80. The summed E-state index contributed by atoms with van der Waals surface area (Å²) in [7, 11) is -3.07. The van der Waals surface area contributed by atoms with Gasteiger partial charge in [-0.05, 0) is 11.1 Å². The molecule has 0 bridgehead atoms. The molecule has 0 aliphatic carbocycles. The SMILES string of the molecule is CS(=O)(=O)N1C[C@@H]2c3ccccc3CN[C@@H]2C1. The maximum Gasteiger partial charge on any atom is 0.211 e. The Kier molecular flexibility index (Phi) is 2.50. The number of nitrogens with one attached hydrogen (secondary N) is 1. The highest BCUT2D eigenvalue weighted by atomic mass is 32.2. The molecule has 0 radical (unpaired) electrons. The zero-order valence-electron chi connectivity index (χ0n) is 9.76. The largest absolute Gasteiger partial charge is 0.308 e. The van der Waals surface area contributed by atoms with Gasteiger partial charge in [-0.3, -0.25) is 0 Å². The lowest BCUT2D eigenvalue weighted by molar-refractivity contribution is 0.452. The fourth-order valence-corrected chi connectivity index (χ4v) is 3.72. The molecule has 1 aromatic carbocycles. The Hall–Kier alpha value is -0.910. The molecule has 1 aromatic rings. The zero-order valence-corrected chi connectivity index (χ0v) is 10.6. The fraction of sp³-hybridized carbons (Fsp3) is 0.500. The Morgan fingerprint density at radius 3 is 2.82 bits per heavy atom. The van der Waals surface area contributed by atoms with Crippen molar-refractivity contribution in [1.29, 1.82) is 0 Å². The van der Waals surface area contributed by atoms with Crippen molar-refractivity contribution in [3.8, 4) is 0 Å². The zero-order chi connectivity index (χ0) is 12.0. The van der Waals surface area contributed by atoms with Crippen LogP contribution in [0, 0.1) is 0 Å². The monoisotopic (exact) mass is 252 g/mol. The number of rotatable bonds is 1. The van der Waals surface area contributed by atoms with Gasteiger partial charge in [-0.1, -0.05) is 24.3 Å². The van der Waals surface area contributed by atoms with E-state index in [4.69, 9.17) is 0 Å². The Morgan fingerprint density at radius 2 is 2.06 bits per heavy atom. The molecule has 2 aliphatic rings. The molecule has 2 aliphatic heterocycles. The molecule has 5 heteroatoms. The molecule has 0 saturated carbocycles. The summed E-state index contributed by atoms with van der Waals surface area (Å²) in [5.74, 6) is 0.301. The molecular weight excluding hydrogens is 236 g/mol. The molecule has 17 heavy (non-hydrogen) atoms. The van der Waals surface area contributed by atoms with E-state index in [0.29, 0.717) is 19.0 Å². The summed E-state index contributed by atoms with van der Waals surface area (Å²) >= 11 is 0. The average Bonchev–Trinajstić information content (AvgIpc) is 2.72. The molecule has 2 atom stereocenters. The van der Waals surface area contributed by atoms with Crippen LogP contribution in [0.1, 0.15) is 17.0 Å². The highest BCUT2D eigenvalue weighted by Gasteiger charge is 2.40. The first-order valence-corrected chi connectivity index (χ1v) is 7.67. The Balaban J connectivity index is 1.95. The molecule has 0 unspecified atom stereocenters. The molecule has 1 fully saturated rings. The van der Waals surface area contributed by atoms with Gasteiger partial charge in [0.25, 0.3) is 0 Å². The summed E-state index contributed by atoms with van der Waals surface area (Å²) in [6, 6.07) is 8.56. The van der Waals surface area contributed by atoms with Crippen LogP contribution in [0.15, 0.2) is 24.3 Å². The van der Waals surface area contributed by atoms with Crippen LogP contribution in [-0.2, 0) is 16.6 Å². The first-order chi connectivity index (χ1) is 8.05. The van der Waals surface area contributed by atoms with Gasteiger partial charge in [-0.2, -0.15) is 4.31 Å². The second-order valence-electron chi connectivity index (χ2n) is 4.87. The van der Waals surface area contributed by atoms with Crippen LogP contribution in [0.25, 0.3) is 0 Å². The molecule has 2 heterocycles. The minimum Gasteiger partial charge on any atom is -0.308 e. The van der Waals surface area contributed by atoms with E-state index < -0.39 is 10.0 Å². The topological polar surface area (TPSA) is 49.4 Å². The summed E-state index contributed by atoms with van der Waals surface area (Å²) in [4.78, 5) is 0. The van der Waals surface area contributed by atoms with Gasteiger partial charge < -0.3 is 5.32 Å². The lowest BCUT2D eigenvalue weighted by Crippen LogP contribution is -2.39. The third-order valence-corrected chi connectivity index (χ3v) is 5.00. The molecule has 4 nitrogen and oxygen atoms in total. The van der Waals surface area contributed by atoms with Crippen molar-refractivity contribution in [3.05, 3.63) is 35.4 Å². The van der Waals surface area contributed by atoms with Crippen LogP contribution in [0.5, 0.6) is 0 Å². The number of hydrogen-bond acceptors (Lipinski definition) is 3. The van der Waals surface area contributed by atoms with Gasteiger partial charge in [0.05, 0.1) is 6.26 Å². The number of sulfonamides is 1. The normalized spacial score (nSPS) is 28.8. The molecule has 0 spiro atoms. The maximum atomic E-state index is 11.6. The third-order valence-electron chi connectivity index (χ3n) is 3.76. The smallest absolute Gasteiger partial charge is 0.211 e. The number of nitrogens with zero attached hydrogens (tertiary/aromatic N) is 1. The first-order valence-electron chi connectivity index (χ1n) is 5.82. The van der Waals surface area contributed by atoms with E-state index in [9.17, 15) is 8.42 Å². The van der Waals surface area contributed by atoms with Crippen LogP contribution in [-0.4, -0.2) is 38.1 Å². The second-order valence-corrected chi connectivity index (χ2v) is 6.86. The van der Waals surface area contributed by atoms with Crippen LogP contribution >= 0.6 is 0 Å². The average molecular weight is 252 g/mol. The van der Waals surface area contributed by atoms with Gasteiger partial charge >= 0.3 is 0 Å². The Bertz CT molecular complexity index is 541. The number of hydrogen-bond donors (Lipinski definition) is 1. The number of benzene rings is 1. The van der Waals surface area contributed by atoms with Gasteiger partial charge in [0.15, 0.2) is 0 Å². The lowest BCUT2D eigenvalue weighted by atomic mass is 9.87. The predicted octanol–water partition coefficient (Wildman–Crippen LogP) is 0.517. The number of fused-ring (bicyclic) bond motifs is 3. The summed E-state index contributed by atoms with van der Waals surface area (Å²) in [5.41, 5.74) is 2.60. The van der Waals surface area contributed by atoms with E-state index in [2.05, 4.69) is 17.4 Å². The van der Waals surface area contributed by atoms with Gasteiger partial charge in [0.1, 0.15) is 0 Å². The quantitative estimate of drug-likeness (QED) is 0.792. The van der Waals surface area contributed by atoms with Crippen molar-refractivity contribution in [3.63, 3.8) is 0 Å². The highest BCUT2D eigenvalue weighted by molar-refractivity contribution is 7.88. The highest BCUT2D eigenvalue weighted by Crippen LogP contribution is 2.34. The van der Waals surface area contributed by atoms with E-state index >= 15 is 0 Å². The summed E-state index contributed by atoms with van der Waals surface area (Å²) in [6.07, 6.45) is 1.29. The van der Waals surface area contributed by atoms with E-state index in [1.54, 1.807) is 4.31 Å². The maximum absolute atomic E-state index is 11.6. The van der Waals surface area contributed by atoms with E-state index in [0.717, 1.165) is 6.54 Å². The van der Waals surface area contributed by atoms with Crippen molar-refractivity contribution < 1.29 is 8.42 Å². The van der Waals surface area contributed by atoms with Crippen LogP contribution in [0.4, 0.5) is 0 Å². The standard InChI is InChI=1S/C12H16N2O2S/c1-17(15,16)14-7-11-10-5-3-2-4-9(10)6-13-12(11)8-14/h2-5,11-13H,6-8H2,1H3/t11-,12-/m1/s1. The summed E-state index contributed by atoms with van der Waals surface area (Å²) < 4.78 is 24.8. The van der Waals surface area contributed by atoms with E-state index in [1.807, 2.05) is 12.1 Å². The molecule has 0 aromatic heterocycles. The summed E-state index contributed by atoms with van der Waals surface area (Å²) in [5, 5.41) is 3.43. The minimum absolute atomic E-state index is 0.264. The van der Waals surface area contributed by atoms with Gasteiger partial charge in [0, 0.05) is 31.6 Å². The van der Waals surface area contributed by atoms with Crippen molar-refractivity contribution in [2.24, 2.45) is 0 Å². The molecule has 1 saturated heterocycles. The Morgan fingerprint density at radius 1 is 1.29 bits per heavy atom. The van der Waals surface area contributed by atoms with Crippen LogP contribution in [0.2, 0.25) is 0 Å². The first kappa shape index (κ1) is 11.2. The minimum atomic E-state index is -3.07. The van der Waals surface area contributed by atoms with Crippen LogP contribution < -0.4 is 5.32 Å². The van der Waals surface area contributed by atoms with E-state index in [-0.39, 0.29) is 6.04 Å². The van der Waals surface area contributed by atoms with Gasteiger partial charge in [-0.15, -0.1) is 0 Å². The summed E-state index contributed by atoms with van der Waals surface area (Å²) in [6.45, 7) is 2.04.